The predicted octanol–water partition coefficient (Wildman–Crippen LogP) is 1.91. The van der Waals surface area contributed by atoms with Gasteiger partial charge in [0.05, 0.1) is 6.54 Å². The van der Waals surface area contributed by atoms with E-state index in [-0.39, 0.29) is 18.4 Å². The smallest absolute Gasteiger partial charge is 0.223 e. The SMILES string of the molecule is CSCC(C)C(=O)NCC(C)(O)c1ccc(C)o1. The monoisotopic (exact) mass is 271 g/mol. The minimum Gasteiger partial charge on any atom is -0.463 e. The first-order valence-electron chi connectivity index (χ1n) is 5.92. The maximum atomic E-state index is 11.7. The molecular weight excluding hydrogens is 250 g/mol. The molecule has 0 fully saturated rings. The van der Waals surface area contributed by atoms with Crippen molar-refractivity contribution in [1.29, 1.82) is 0 Å². The number of carbonyl (C=O) groups excluding carboxylic acids is 1. The number of aliphatic hydroxyl groups is 1. The predicted molar refractivity (Wildman–Crippen MR) is 73.6 cm³/mol. The molecule has 0 saturated heterocycles. The summed E-state index contributed by atoms with van der Waals surface area (Å²) >= 11 is 1.63. The highest BCUT2D eigenvalue weighted by Crippen LogP contribution is 2.22. The van der Waals surface area contributed by atoms with Crippen LogP contribution in [-0.4, -0.2) is 29.6 Å². The van der Waals surface area contributed by atoms with Crippen molar-refractivity contribution in [2.45, 2.75) is 26.4 Å². The van der Waals surface area contributed by atoms with Crippen LogP contribution in [0.15, 0.2) is 16.5 Å². The summed E-state index contributed by atoms with van der Waals surface area (Å²) in [7, 11) is 0. The quantitative estimate of drug-likeness (QED) is 0.829. The van der Waals surface area contributed by atoms with Crippen LogP contribution in [0.2, 0.25) is 0 Å². The number of nitrogens with one attached hydrogen (secondary N) is 1. The van der Waals surface area contributed by atoms with Gasteiger partial charge in [0.1, 0.15) is 17.1 Å². The van der Waals surface area contributed by atoms with E-state index in [4.69, 9.17) is 4.42 Å². The number of carbonyl (C=O) groups is 1. The lowest BCUT2D eigenvalue weighted by molar-refractivity contribution is -0.125. The van der Waals surface area contributed by atoms with Gasteiger partial charge in [-0.15, -0.1) is 0 Å². The number of hydrogen-bond donors (Lipinski definition) is 2. The van der Waals surface area contributed by atoms with E-state index in [0.29, 0.717) is 5.76 Å². The fourth-order valence-corrected chi connectivity index (χ4v) is 2.22. The summed E-state index contributed by atoms with van der Waals surface area (Å²) in [5.41, 5.74) is -1.18. The average Bonchev–Trinajstić information content (AvgIpc) is 2.74. The van der Waals surface area contributed by atoms with Crippen molar-refractivity contribution in [3.63, 3.8) is 0 Å². The normalized spacial score (nSPS) is 16.1. The van der Waals surface area contributed by atoms with Crippen molar-refractivity contribution in [3.05, 3.63) is 23.7 Å². The third-order valence-corrected chi connectivity index (χ3v) is 3.58. The summed E-state index contributed by atoms with van der Waals surface area (Å²) in [6, 6.07) is 3.52. The molecule has 5 heteroatoms. The Morgan fingerprint density at radius 2 is 2.28 bits per heavy atom. The number of aryl methyl sites for hydroxylation is 1. The Kier molecular flexibility index (Phi) is 5.28. The van der Waals surface area contributed by atoms with Crippen LogP contribution in [0.1, 0.15) is 25.4 Å². The highest BCUT2D eigenvalue weighted by Gasteiger charge is 2.28. The van der Waals surface area contributed by atoms with Gasteiger partial charge in [-0.25, -0.2) is 0 Å². The molecule has 0 spiro atoms. The Hall–Kier alpha value is -0.940. The largest absolute Gasteiger partial charge is 0.463 e. The van der Waals surface area contributed by atoms with Gasteiger partial charge in [0.15, 0.2) is 0 Å². The molecule has 1 amide bonds. The van der Waals surface area contributed by atoms with Gasteiger partial charge in [-0.3, -0.25) is 4.79 Å². The van der Waals surface area contributed by atoms with Gasteiger partial charge < -0.3 is 14.8 Å². The number of amides is 1. The number of thioether (sulfide) groups is 1. The molecule has 0 radical (unpaired) electrons. The molecule has 2 N–H and O–H groups in total. The lowest BCUT2D eigenvalue weighted by atomic mass is 10.0. The molecule has 0 aliphatic rings. The number of rotatable bonds is 6. The molecular formula is C13H21NO3S. The first-order valence-corrected chi connectivity index (χ1v) is 7.32. The second-order valence-corrected chi connectivity index (χ2v) is 5.67. The lowest BCUT2D eigenvalue weighted by Crippen LogP contribution is -2.41. The molecule has 0 bridgehead atoms. The number of furan rings is 1. The minimum atomic E-state index is -1.18. The summed E-state index contributed by atoms with van der Waals surface area (Å²) in [5, 5.41) is 13.0. The van der Waals surface area contributed by atoms with Gasteiger partial charge in [-0.1, -0.05) is 6.92 Å². The lowest BCUT2D eigenvalue weighted by Gasteiger charge is -2.22. The van der Waals surface area contributed by atoms with Gasteiger partial charge in [-0.05, 0) is 32.2 Å². The van der Waals surface area contributed by atoms with Crippen LogP contribution in [0.5, 0.6) is 0 Å². The van der Waals surface area contributed by atoms with Crippen LogP contribution in [0.25, 0.3) is 0 Å². The molecule has 0 saturated carbocycles. The van der Waals surface area contributed by atoms with Gasteiger partial charge >= 0.3 is 0 Å². The van der Waals surface area contributed by atoms with Gasteiger partial charge in [0.25, 0.3) is 0 Å². The van der Waals surface area contributed by atoms with E-state index in [1.807, 2.05) is 20.1 Å². The molecule has 0 aliphatic carbocycles. The molecule has 1 aromatic rings. The van der Waals surface area contributed by atoms with E-state index in [1.54, 1.807) is 30.8 Å². The van der Waals surface area contributed by atoms with Gasteiger partial charge in [0.2, 0.25) is 5.91 Å². The molecule has 0 aromatic carbocycles. The Morgan fingerprint density at radius 1 is 1.61 bits per heavy atom. The first kappa shape index (κ1) is 15.1. The highest BCUT2D eigenvalue weighted by molar-refractivity contribution is 7.98. The summed E-state index contributed by atoms with van der Waals surface area (Å²) < 4.78 is 5.38. The van der Waals surface area contributed by atoms with Crippen molar-refractivity contribution in [3.8, 4) is 0 Å². The van der Waals surface area contributed by atoms with Gasteiger partial charge in [0, 0.05) is 11.7 Å². The Morgan fingerprint density at radius 3 is 2.78 bits per heavy atom. The summed E-state index contributed by atoms with van der Waals surface area (Å²) in [6.07, 6.45) is 1.96. The van der Waals surface area contributed by atoms with Crippen LogP contribution in [0.4, 0.5) is 0 Å². The standard InChI is InChI=1S/C13H21NO3S/c1-9(7-18-4)12(15)14-8-13(3,16)11-6-5-10(2)17-11/h5-6,9,16H,7-8H2,1-4H3,(H,14,15). The van der Waals surface area contributed by atoms with E-state index in [9.17, 15) is 9.90 Å². The number of hydrogen-bond acceptors (Lipinski definition) is 4. The zero-order valence-electron chi connectivity index (χ0n) is 11.3. The summed E-state index contributed by atoms with van der Waals surface area (Å²) in [6.45, 7) is 5.47. The van der Waals surface area contributed by atoms with Crippen LogP contribution in [-0.2, 0) is 10.4 Å². The fraction of sp³-hybridized carbons (Fsp3) is 0.615. The minimum absolute atomic E-state index is 0.0482. The van der Waals surface area contributed by atoms with E-state index < -0.39 is 5.60 Å². The van der Waals surface area contributed by atoms with Crippen molar-refractivity contribution in [2.24, 2.45) is 5.92 Å². The first-order chi connectivity index (χ1) is 8.36. The molecule has 1 rings (SSSR count). The van der Waals surface area contributed by atoms with E-state index in [0.717, 1.165) is 11.5 Å². The molecule has 2 atom stereocenters. The Labute approximate surface area is 112 Å². The van der Waals surface area contributed by atoms with E-state index >= 15 is 0 Å². The van der Waals surface area contributed by atoms with Crippen LogP contribution in [0, 0.1) is 12.8 Å². The van der Waals surface area contributed by atoms with Crippen LogP contribution < -0.4 is 5.32 Å². The summed E-state index contributed by atoms with van der Waals surface area (Å²) in [4.78, 5) is 11.7. The molecule has 1 heterocycles. The topological polar surface area (TPSA) is 62.5 Å². The maximum Gasteiger partial charge on any atom is 0.223 e. The molecule has 2 unspecified atom stereocenters. The maximum absolute atomic E-state index is 11.7. The van der Waals surface area contributed by atoms with E-state index in [1.165, 1.54) is 0 Å². The fourth-order valence-electron chi connectivity index (χ4n) is 1.57. The van der Waals surface area contributed by atoms with Crippen molar-refractivity contribution >= 4 is 17.7 Å². The third kappa shape index (κ3) is 4.07. The van der Waals surface area contributed by atoms with Crippen molar-refractivity contribution < 1.29 is 14.3 Å². The second kappa shape index (κ2) is 6.29. The third-order valence-electron chi connectivity index (χ3n) is 2.74. The van der Waals surface area contributed by atoms with Gasteiger partial charge in [-0.2, -0.15) is 11.8 Å². The zero-order valence-corrected chi connectivity index (χ0v) is 12.1. The molecule has 0 aliphatic heterocycles. The molecule has 1 aromatic heterocycles. The van der Waals surface area contributed by atoms with Crippen LogP contribution >= 0.6 is 11.8 Å². The molecule has 18 heavy (non-hydrogen) atoms. The van der Waals surface area contributed by atoms with Crippen molar-refractivity contribution in [1.82, 2.24) is 5.32 Å². The molecule has 4 nitrogen and oxygen atoms in total. The summed E-state index contributed by atoms with van der Waals surface area (Å²) in [5.74, 6) is 1.88. The van der Waals surface area contributed by atoms with Crippen LogP contribution in [0.3, 0.4) is 0 Å². The molecule has 102 valence electrons. The Bertz CT molecular complexity index is 401. The van der Waals surface area contributed by atoms with Crippen molar-refractivity contribution in [2.75, 3.05) is 18.6 Å². The zero-order chi connectivity index (χ0) is 13.8. The van der Waals surface area contributed by atoms with E-state index in [2.05, 4.69) is 5.32 Å². The average molecular weight is 271 g/mol. The second-order valence-electron chi connectivity index (χ2n) is 4.76. The highest BCUT2D eigenvalue weighted by atomic mass is 32.2. The Balaban J connectivity index is 2.54.